The van der Waals surface area contributed by atoms with E-state index in [0.717, 1.165) is 0 Å². The minimum Gasteiger partial charge on any atom is -0.362 e. The van der Waals surface area contributed by atoms with Gasteiger partial charge in [-0.3, -0.25) is 10.1 Å². The average molecular weight is 236 g/mol. The number of hydrogen-bond acceptors (Lipinski definition) is 4. The third-order valence-electron chi connectivity index (χ3n) is 1.93. The molecule has 0 heterocycles. The number of amides is 2. The molecular weight excluding hydrogens is 224 g/mol. The van der Waals surface area contributed by atoms with E-state index >= 15 is 0 Å². The molecule has 0 radical (unpaired) electrons. The van der Waals surface area contributed by atoms with Crippen molar-refractivity contribution in [2.45, 2.75) is 6.17 Å². The molecule has 1 atom stereocenters. The first-order chi connectivity index (χ1) is 8.02. The van der Waals surface area contributed by atoms with Crippen molar-refractivity contribution in [3.05, 3.63) is 47.0 Å². The van der Waals surface area contributed by atoms with Gasteiger partial charge in [-0.15, -0.1) is 0 Å². The molecule has 1 rings (SSSR count). The smallest absolute Gasteiger partial charge is 0.314 e. The second kappa shape index (κ2) is 5.50. The van der Waals surface area contributed by atoms with Gasteiger partial charge in [0.05, 0.1) is 4.92 Å². The van der Waals surface area contributed by atoms with Gasteiger partial charge in [0.15, 0.2) is 0 Å². The molecule has 0 aliphatic carbocycles. The van der Waals surface area contributed by atoms with Crippen LogP contribution in [-0.2, 0) is 0 Å². The largest absolute Gasteiger partial charge is 0.362 e. The predicted molar refractivity (Wildman–Crippen MR) is 63.4 cm³/mol. The number of nitrogens with one attached hydrogen (secondary N) is 2. The lowest BCUT2D eigenvalue weighted by Crippen LogP contribution is -2.41. The van der Waals surface area contributed by atoms with Crippen LogP contribution in [0.4, 0.5) is 16.2 Å². The molecule has 0 bridgehead atoms. The van der Waals surface area contributed by atoms with Gasteiger partial charge in [-0.25, -0.2) is 4.79 Å². The molecule has 0 saturated carbocycles. The number of nitrogens with zero attached hydrogens (tertiary/aromatic N) is 1. The number of anilines is 1. The Labute approximate surface area is 97.5 Å². The molecule has 4 N–H and O–H groups in total. The summed E-state index contributed by atoms with van der Waals surface area (Å²) < 4.78 is 0. The van der Waals surface area contributed by atoms with Crippen LogP contribution in [0, 0.1) is 10.1 Å². The van der Waals surface area contributed by atoms with Crippen LogP contribution in [0.25, 0.3) is 0 Å². The summed E-state index contributed by atoms with van der Waals surface area (Å²) in [5.74, 6) is 0. The highest BCUT2D eigenvalue weighted by atomic mass is 16.6. The minimum atomic E-state index is -0.690. The van der Waals surface area contributed by atoms with Crippen molar-refractivity contribution in [3.8, 4) is 0 Å². The van der Waals surface area contributed by atoms with Gasteiger partial charge in [-0.1, -0.05) is 6.58 Å². The molecule has 2 amide bonds. The van der Waals surface area contributed by atoms with E-state index in [-0.39, 0.29) is 5.69 Å². The van der Waals surface area contributed by atoms with Gasteiger partial charge in [0.25, 0.3) is 5.69 Å². The SMILES string of the molecule is C=CC(NC(N)=O)Nc1ccc([N+](=O)[O-])cc1. The van der Waals surface area contributed by atoms with Gasteiger partial charge in [-0.05, 0) is 18.2 Å². The van der Waals surface area contributed by atoms with Crippen LogP contribution in [-0.4, -0.2) is 17.1 Å². The predicted octanol–water partition coefficient (Wildman–Crippen LogP) is 1.19. The van der Waals surface area contributed by atoms with Crippen LogP contribution in [0.5, 0.6) is 0 Å². The first-order valence-electron chi connectivity index (χ1n) is 4.72. The van der Waals surface area contributed by atoms with Crippen LogP contribution in [0.1, 0.15) is 0 Å². The Kier molecular flexibility index (Phi) is 4.04. The summed E-state index contributed by atoms with van der Waals surface area (Å²) in [6.07, 6.45) is 0.917. The maximum atomic E-state index is 10.6. The molecule has 0 fully saturated rings. The summed E-state index contributed by atoms with van der Waals surface area (Å²) in [6, 6.07) is 5.07. The van der Waals surface area contributed by atoms with Crippen LogP contribution in [0.15, 0.2) is 36.9 Å². The fourth-order valence-electron chi connectivity index (χ4n) is 1.17. The van der Waals surface area contributed by atoms with Crippen LogP contribution in [0.3, 0.4) is 0 Å². The summed E-state index contributed by atoms with van der Waals surface area (Å²) in [5.41, 5.74) is 5.56. The molecule has 0 aliphatic rings. The van der Waals surface area contributed by atoms with Gasteiger partial charge in [0, 0.05) is 17.8 Å². The molecule has 1 aromatic rings. The minimum absolute atomic E-state index is 0.00596. The zero-order valence-corrected chi connectivity index (χ0v) is 8.92. The lowest BCUT2D eigenvalue weighted by molar-refractivity contribution is -0.384. The van der Waals surface area contributed by atoms with E-state index in [1.807, 2.05) is 0 Å². The monoisotopic (exact) mass is 236 g/mol. The van der Waals surface area contributed by atoms with E-state index in [4.69, 9.17) is 5.73 Å². The highest BCUT2D eigenvalue weighted by molar-refractivity contribution is 5.72. The van der Waals surface area contributed by atoms with Crippen LogP contribution >= 0.6 is 0 Å². The number of primary amides is 1. The molecule has 0 aromatic heterocycles. The fourth-order valence-corrected chi connectivity index (χ4v) is 1.17. The van der Waals surface area contributed by atoms with E-state index in [2.05, 4.69) is 17.2 Å². The fraction of sp³-hybridized carbons (Fsp3) is 0.100. The number of nitrogens with two attached hydrogens (primary N) is 1. The maximum Gasteiger partial charge on any atom is 0.314 e. The van der Waals surface area contributed by atoms with E-state index in [1.54, 1.807) is 0 Å². The van der Waals surface area contributed by atoms with Crippen molar-refractivity contribution in [1.82, 2.24) is 5.32 Å². The van der Waals surface area contributed by atoms with Gasteiger partial charge >= 0.3 is 6.03 Å². The molecule has 7 heteroatoms. The molecule has 1 aromatic carbocycles. The van der Waals surface area contributed by atoms with Crippen molar-refractivity contribution in [2.24, 2.45) is 5.73 Å². The molecule has 0 saturated heterocycles. The number of carbonyl (C=O) groups is 1. The molecule has 17 heavy (non-hydrogen) atoms. The quantitative estimate of drug-likeness (QED) is 0.308. The molecule has 0 spiro atoms. The number of rotatable bonds is 5. The highest BCUT2D eigenvalue weighted by Crippen LogP contribution is 2.15. The van der Waals surface area contributed by atoms with Crippen molar-refractivity contribution < 1.29 is 9.72 Å². The summed E-state index contributed by atoms with van der Waals surface area (Å²) in [4.78, 5) is 20.6. The first-order valence-corrected chi connectivity index (χ1v) is 4.72. The van der Waals surface area contributed by atoms with Crippen LogP contribution in [0.2, 0.25) is 0 Å². The second-order valence-corrected chi connectivity index (χ2v) is 3.17. The average Bonchev–Trinajstić information content (AvgIpc) is 2.28. The number of non-ortho nitro benzene ring substituents is 1. The Morgan fingerprint density at radius 3 is 2.47 bits per heavy atom. The van der Waals surface area contributed by atoms with Gasteiger partial charge in [0.2, 0.25) is 0 Å². The van der Waals surface area contributed by atoms with Gasteiger partial charge in [-0.2, -0.15) is 0 Å². The number of nitro benzene ring substituents is 1. The van der Waals surface area contributed by atoms with Gasteiger partial charge in [0.1, 0.15) is 6.17 Å². The van der Waals surface area contributed by atoms with E-state index < -0.39 is 17.1 Å². The summed E-state index contributed by atoms with van der Waals surface area (Å²) in [6.45, 7) is 3.52. The normalized spacial score (nSPS) is 11.3. The molecule has 0 aliphatic heterocycles. The number of hydrogen-bond donors (Lipinski definition) is 3. The Bertz CT molecular complexity index is 430. The summed E-state index contributed by atoms with van der Waals surface area (Å²) >= 11 is 0. The zero-order chi connectivity index (χ0) is 12.8. The summed E-state index contributed by atoms with van der Waals surface area (Å²) in [5, 5.41) is 15.7. The standard InChI is InChI=1S/C10H12N4O3/c1-2-9(13-10(11)15)12-7-3-5-8(6-4-7)14(16)17/h2-6,9,12H,1H2,(H3,11,13,15). The van der Waals surface area contributed by atoms with Gasteiger partial charge < -0.3 is 16.4 Å². The molecule has 1 unspecified atom stereocenters. The molecular formula is C10H12N4O3. The van der Waals surface area contributed by atoms with Crippen molar-refractivity contribution in [2.75, 3.05) is 5.32 Å². The Balaban J connectivity index is 2.70. The third-order valence-corrected chi connectivity index (χ3v) is 1.93. The van der Waals surface area contributed by atoms with Crippen molar-refractivity contribution in [3.63, 3.8) is 0 Å². The molecule has 7 nitrogen and oxygen atoms in total. The second-order valence-electron chi connectivity index (χ2n) is 3.17. The molecule has 90 valence electrons. The van der Waals surface area contributed by atoms with E-state index in [0.29, 0.717) is 5.69 Å². The lowest BCUT2D eigenvalue weighted by Gasteiger charge is -2.16. The van der Waals surface area contributed by atoms with Crippen molar-refractivity contribution >= 4 is 17.4 Å². The Hall–Kier alpha value is -2.57. The first kappa shape index (κ1) is 12.5. The number of benzene rings is 1. The Morgan fingerprint density at radius 2 is 2.06 bits per heavy atom. The summed E-state index contributed by atoms with van der Waals surface area (Å²) in [7, 11) is 0. The topological polar surface area (TPSA) is 110 Å². The number of urea groups is 1. The number of carbonyl (C=O) groups excluding carboxylic acids is 1. The highest BCUT2D eigenvalue weighted by Gasteiger charge is 2.07. The van der Waals surface area contributed by atoms with Crippen molar-refractivity contribution in [1.29, 1.82) is 0 Å². The van der Waals surface area contributed by atoms with Crippen LogP contribution < -0.4 is 16.4 Å². The lowest BCUT2D eigenvalue weighted by atomic mass is 10.2. The van der Waals surface area contributed by atoms with E-state index in [1.165, 1.54) is 30.3 Å². The zero-order valence-electron chi connectivity index (χ0n) is 8.92. The maximum absolute atomic E-state index is 10.6. The number of nitro groups is 1. The Morgan fingerprint density at radius 1 is 1.47 bits per heavy atom. The van der Waals surface area contributed by atoms with E-state index in [9.17, 15) is 14.9 Å². The third kappa shape index (κ3) is 3.82.